The van der Waals surface area contributed by atoms with E-state index in [1.807, 2.05) is 7.05 Å². The summed E-state index contributed by atoms with van der Waals surface area (Å²) in [6, 6.07) is 0. The molecule has 2 saturated carbocycles. The molecule has 0 aliphatic heterocycles. The van der Waals surface area contributed by atoms with Crippen molar-refractivity contribution < 1.29 is 8.42 Å². The zero-order valence-corrected chi connectivity index (χ0v) is 12.6. The molecule has 18 heavy (non-hydrogen) atoms. The highest BCUT2D eigenvalue weighted by Gasteiger charge is 2.49. The third-order valence-electron chi connectivity index (χ3n) is 5.20. The van der Waals surface area contributed by atoms with Gasteiger partial charge in [0.1, 0.15) is 9.84 Å². The summed E-state index contributed by atoms with van der Waals surface area (Å²) >= 11 is 0. The van der Waals surface area contributed by atoms with E-state index in [1.54, 1.807) is 6.92 Å². The van der Waals surface area contributed by atoms with Crippen molar-refractivity contribution in [1.82, 2.24) is 5.32 Å². The Morgan fingerprint density at radius 1 is 1.33 bits per heavy atom. The molecule has 3 atom stereocenters. The Labute approximate surface area is 112 Å². The van der Waals surface area contributed by atoms with Gasteiger partial charge < -0.3 is 5.32 Å². The Bertz CT molecular complexity index is 379. The SMILES string of the molecule is CCS(=O)(=O)CCCC1(CNC)CC2CCC1C2. The summed E-state index contributed by atoms with van der Waals surface area (Å²) in [6.45, 7) is 2.82. The van der Waals surface area contributed by atoms with E-state index in [9.17, 15) is 8.42 Å². The molecular formula is C14H27NO2S. The largest absolute Gasteiger partial charge is 0.319 e. The highest BCUT2D eigenvalue weighted by Crippen LogP contribution is 2.57. The van der Waals surface area contributed by atoms with Gasteiger partial charge in [0.2, 0.25) is 0 Å². The van der Waals surface area contributed by atoms with Gasteiger partial charge in [-0.3, -0.25) is 0 Å². The summed E-state index contributed by atoms with van der Waals surface area (Å²) in [7, 11) is -0.762. The van der Waals surface area contributed by atoms with E-state index >= 15 is 0 Å². The summed E-state index contributed by atoms with van der Waals surface area (Å²) in [5, 5.41) is 3.35. The van der Waals surface area contributed by atoms with Gasteiger partial charge in [-0.05, 0) is 56.4 Å². The van der Waals surface area contributed by atoms with E-state index < -0.39 is 9.84 Å². The van der Waals surface area contributed by atoms with Crippen molar-refractivity contribution in [1.29, 1.82) is 0 Å². The molecule has 0 radical (unpaired) electrons. The number of rotatable bonds is 7. The molecule has 0 saturated heterocycles. The van der Waals surface area contributed by atoms with Gasteiger partial charge in [0, 0.05) is 12.3 Å². The number of hydrogen-bond donors (Lipinski definition) is 1. The van der Waals surface area contributed by atoms with Gasteiger partial charge in [-0.1, -0.05) is 13.3 Å². The van der Waals surface area contributed by atoms with Crippen LogP contribution < -0.4 is 5.32 Å². The van der Waals surface area contributed by atoms with Crippen molar-refractivity contribution in [2.24, 2.45) is 17.3 Å². The van der Waals surface area contributed by atoms with Crippen LogP contribution in [0.25, 0.3) is 0 Å². The molecule has 1 N–H and O–H groups in total. The smallest absolute Gasteiger partial charge is 0.150 e. The Kier molecular flexibility index (Phi) is 4.37. The molecule has 0 aromatic heterocycles. The van der Waals surface area contributed by atoms with Crippen LogP contribution >= 0.6 is 0 Å². The molecule has 2 rings (SSSR count). The van der Waals surface area contributed by atoms with Gasteiger partial charge in [-0.2, -0.15) is 0 Å². The van der Waals surface area contributed by atoms with Crippen molar-refractivity contribution in [3.63, 3.8) is 0 Å². The van der Waals surface area contributed by atoms with E-state index in [0.29, 0.717) is 11.2 Å². The van der Waals surface area contributed by atoms with Crippen LogP contribution in [-0.2, 0) is 9.84 Å². The fourth-order valence-corrected chi connectivity index (χ4v) is 5.18. The number of fused-ring (bicyclic) bond motifs is 2. The van der Waals surface area contributed by atoms with Crippen LogP contribution in [0.4, 0.5) is 0 Å². The van der Waals surface area contributed by atoms with Gasteiger partial charge in [0.05, 0.1) is 5.75 Å². The molecule has 0 aromatic carbocycles. The molecular weight excluding hydrogens is 246 g/mol. The van der Waals surface area contributed by atoms with Crippen LogP contribution in [0.3, 0.4) is 0 Å². The van der Waals surface area contributed by atoms with Crippen LogP contribution in [0.5, 0.6) is 0 Å². The number of hydrogen-bond acceptors (Lipinski definition) is 3. The predicted octanol–water partition coefficient (Wildman–Crippen LogP) is 2.23. The average molecular weight is 273 g/mol. The molecule has 0 aromatic rings. The second-order valence-electron chi connectivity index (χ2n) is 6.31. The lowest BCUT2D eigenvalue weighted by molar-refractivity contribution is 0.145. The zero-order valence-electron chi connectivity index (χ0n) is 11.7. The normalized spacial score (nSPS) is 35.2. The molecule has 3 nitrogen and oxygen atoms in total. The molecule has 3 unspecified atom stereocenters. The molecule has 2 aliphatic rings. The Morgan fingerprint density at radius 3 is 2.61 bits per heavy atom. The van der Waals surface area contributed by atoms with Gasteiger partial charge >= 0.3 is 0 Å². The number of sulfone groups is 1. The molecule has 0 heterocycles. The van der Waals surface area contributed by atoms with Gasteiger partial charge in [0.15, 0.2) is 0 Å². The van der Waals surface area contributed by atoms with Crippen LogP contribution in [0.2, 0.25) is 0 Å². The number of nitrogens with one attached hydrogen (secondary N) is 1. The first-order valence-electron chi connectivity index (χ1n) is 7.36. The van der Waals surface area contributed by atoms with Crippen molar-refractivity contribution >= 4 is 9.84 Å². The fraction of sp³-hybridized carbons (Fsp3) is 1.00. The average Bonchev–Trinajstić information content (AvgIpc) is 2.90. The van der Waals surface area contributed by atoms with Crippen molar-refractivity contribution in [2.75, 3.05) is 25.1 Å². The maximum absolute atomic E-state index is 11.6. The summed E-state index contributed by atoms with van der Waals surface area (Å²) < 4.78 is 23.2. The van der Waals surface area contributed by atoms with Crippen molar-refractivity contribution in [3.05, 3.63) is 0 Å². The maximum atomic E-state index is 11.6. The van der Waals surface area contributed by atoms with Crippen LogP contribution in [0, 0.1) is 17.3 Å². The zero-order chi connectivity index (χ0) is 13.2. The first-order chi connectivity index (χ1) is 8.51. The quantitative estimate of drug-likeness (QED) is 0.773. The molecule has 106 valence electrons. The van der Waals surface area contributed by atoms with E-state index in [0.717, 1.165) is 31.2 Å². The minimum absolute atomic E-state index is 0.290. The lowest BCUT2D eigenvalue weighted by Crippen LogP contribution is -2.37. The van der Waals surface area contributed by atoms with Gasteiger partial charge in [0.25, 0.3) is 0 Å². The molecule has 2 bridgehead atoms. The van der Waals surface area contributed by atoms with E-state index in [1.165, 1.54) is 25.7 Å². The third kappa shape index (κ3) is 2.90. The molecule has 4 heteroatoms. The second-order valence-corrected chi connectivity index (χ2v) is 8.79. The lowest BCUT2D eigenvalue weighted by atomic mass is 9.70. The fourth-order valence-electron chi connectivity index (χ4n) is 4.31. The maximum Gasteiger partial charge on any atom is 0.150 e. The van der Waals surface area contributed by atoms with E-state index in [-0.39, 0.29) is 5.75 Å². The predicted molar refractivity (Wildman–Crippen MR) is 75.4 cm³/mol. The Hall–Kier alpha value is -0.0900. The highest BCUT2D eigenvalue weighted by molar-refractivity contribution is 7.91. The summed E-state index contributed by atoms with van der Waals surface area (Å²) in [6.07, 6.45) is 7.43. The van der Waals surface area contributed by atoms with Crippen molar-refractivity contribution in [2.45, 2.75) is 45.4 Å². The molecule has 0 spiro atoms. The summed E-state index contributed by atoms with van der Waals surface area (Å²) in [5.41, 5.74) is 0.404. The Morgan fingerprint density at radius 2 is 2.11 bits per heavy atom. The van der Waals surface area contributed by atoms with E-state index in [4.69, 9.17) is 0 Å². The first kappa shape index (κ1) is 14.3. The van der Waals surface area contributed by atoms with Gasteiger partial charge in [-0.15, -0.1) is 0 Å². The monoisotopic (exact) mass is 273 g/mol. The summed E-state index contributed by atoms with van der Waals surface area (Å²) in [5.74, 6) is 2.44. The first-order valence-corrected chi connectivity index (χ1v) is 9.18. The molecule has 2 fully saturated rings. The minimum atomic E-state index is -2.79. The minimum Gasteiger partial charge on any atom is -0.319 e. The summed E-state index contributed by atoms with van der Waals surface area (Å²) in [4.78, 5) is 0. The van der Waals surface area contributed by atoms with Gasteiger partial charge in [-0.25, -0.2) is 8.42 Å². The van der Waals surface area contributed by atoms with Crippen LogP contribution in [0.15, 0.2) is 0 Å². The van der Waals surface area contributed by atoms with E-state index in [2.05, 4.69) is 5.32 Å². The third-order valence-corrected chi connectivity index (χ3v) is 6.99. The highest BCUT2D eigenvalue weighted by atomic mass is 32.2. The topological polar surface area (TPSA) is 46.2 Å². The molecule has 0 amide bonds. The van der Waals surface area contributed by atoms with Crippen LogP contribution in [0.1, 0.15) is 45.4 Å². The van der Waals surface area contributed by atoms with Crippen molar-refractivity contribution in [3.8, 4) is 0 Å². The Balaban J connectivity index is 1.92. The standard InChI is InChI=1S/C14H27NO2S/c1-3-18(16,17)8-4-7-14(11-15-2)10-12-5-6-13(14)9-12/h12-13,15H,3-11H2,1-2H3. The van der Waals surface area contributed by atoms with Crippen LogP contribution in [-0.4, -0.2) is 33.5 Å². The second kappa shape index (κ2) is 5.49. The molecule has 2 aliphatic carbocycles. The lowest BCUT2D eigenvalue weighted by Gasteiger charge is -2.38.